The van der Waals surface area contributed by atoms with Crippen LogP contribution in [0.2, 0.25) is 0 Å². The maximum Gasteiger partial charge on any atom is 0.287 e. The molecule has 0 saturated carbocycles. The minimum atomic E-state index is -0.562. The molecule has 110 valence electrons. The Morgan fingerprint density at radius 2 is 2.10 bits per heavy atom. The highest BCUT2D eigenvalue weighted by Gasteiger charge is 2.20. The summed E-state index contributed by atoms with van der Waals surface area (Å²) >= 11 is 0. The zero-order valence-corrected chi connectivity index (χ0v) is 11.4. The van der Waals surface area contributed by atoms with Crippen LogP contribution in [0.4, 0.5) is 5.69 Å². The van der Waals surface area contributed by atoms with E-state index in [0.717, 1.165) is 5.56 Å². The molecule has 2 N–H and O–H groups in total. The number of rotatable bonds is 5. The highest BCUT2D eigenvalue weighted by atomic mass is 16.6. The number of aliphatic hydroxyl groups is 1. The Kier molecular flexibility index (Phi) is 4.34. The van der Waals surface area contributed by atoms with Gasteiger partial charge in [-0.25, -0.2) is 0 Å². The third-order valence-electron chi connectivity index (χ3n) is 3.12. The summed E-state index contributed by atoms with van der Waals surface area (Å²) in [6.07, 6.45) is 1.27. The largest absolute Gasteiger partial charge is 0.394 e. The fourth-order valence-corrected chi connectivity index (χ4v) is 2.02. The van der Waals surface area contributed by atoms with Gasteiger partial charge in [0.15, 0.2) is 0 Å². The molecule has 7 heteroatoms. The number of nitrogens with one attached hydrogen (secondary N) is 1. The first-order chi connectivity index (χ1) is 10.0. The van der Waals surface area contributed by atoms with Crippen molar-refractivity contribution < 1.29 is 14.8 Å². The third kappa shape index (κ3) is 3.26. The van der Waals surface area contributed by atoms with Gasteiger partial charge in [0, 0.05) is 13.1 Å². The minimum absolute atomic E-state index is 0.150. The molecule has 7 nitrogen and oxygen atoms in total. The summed E-state index contributed by atoms with van der Waals surface area (Å²) in [7, 11) is 1.55. The molecule has 1 heterocycles. The predicted molar refractivity (Wildman–Crippen MR) is 75.8 cm³/mol. The van der Waals surface area contributed by atoms with Crippen molar-refractivity contribution in [1.82, 2.24) is 9.88 Å². The Morgan fingerprint density at radius 1 is 1.43 bits per heavy atom. The average molecular weight is 289 g/mol. The summed E-state index contributed by atoms with van der Waals surface area (Å²) in [4.78, 5) is 22.3. The summed E-state index contributed by atoms with van der Waals surface area (Å²) in [6.45, 7) is -0.262. The number of hydrogen-bond donors (Lipinski definition) is 2. The number of aryl methyl sites for hydroxylation is 1. The van der Waals surface area contributed by atoms with Crippen LogP contribution in [0.25, 0.3) is 0 Å². The van der Waals surface area contributed by atoms with Crippen LogP contribution in [0.3, 0.4) is 0 Å². The van der Waals surface area contributed by atoms with Crippen molar-refractivity contribution in [2.24, 2.45) is 7.05 Å². The van der Waals surface area contributed by atoms with E-state index in [-0.39, 0.29) is 18.0 Å². The Morgan fingerprint density at radius 3 is 2.62 bits per heavy atom. The smallest absolute Gasteiger partial charge is 0.287 e. The van der Waals surface area contributed by atoms with Crippen molar-refractivity contribution >= 4 is 11.6 Å². The Labute approximate surface area is 121 Å². The zero-order chi connectivity index (χ0) is 15.4. The second-order valence-electron chi connectivity index (χ2n) is 4.57. The van der Waals surface area contributed by atoms with Crippen molar-refractivity contribution in [1.29, 1.82) is 0 Å². The molecule has 21 heavy (non-hydrogen) atoms. The number of carbonyl (C=O) groups excluding carboxylic acids is 1. The molecule has 1 amide bonds. The van der Waals surface area contributed by atoms with Gasteiger partial charge < -0.3 is 15.0 Å². The number of amides is 1. The normalized spacial score (nSPS) is 11.9. The molecule has 0 aliphatic carbocycles. The summed E-state index contributed by atoms with van der Waals surface area (Å²) in [5.41, 5.74) is 0.774. The maximum atomic E-state index is 12.2. The number of benzene rings is 1. The van der Waals surface area contributed by atoms with Crippen molar-refractivity contribution in [3.8, 4) is 0 Å². The maximum absolute atomic E-state index is 12.2. The van der Waals surface area contributed by atoms with E-state index in [1.807, 2.05) is 6.07 Å². The van der Waals surface area contributed by atoms with Crippen LogP contribution in [0.15, 0.2) is 42.6 Å². The van der Waals surface area contributed by atoms with Crippen LogP contribution in [0.1, 0.15) is 22.1 Å². The summed E-state index contributed by atoms with van der Waals surface area (Å²) in [6, 6.07) is 9.65. The predicted octanol–water partition coefficient (Wildman–Crippen LogP) is 1.40. The highest BCUT2D eigenvalue weighted by Crippen LogP contribution is 2.17. The molecule has 0 fully saturated rings. The second kappa shape index (κ2) is 6.19. The fraction of sp³-hybridized carbons (Fsp3) is 0.214. The van der Waals surface area contributed by atoms with E-state index < -0.39 is 16.9 Å². The standard InChI is InChI=1S/C14H15N3O4/c1-16-8-11(17(20)21)7-13(16)14(19)15-12(9-18)10-5-3-2-4-6-10/h2-8,12,18H,9H2,1H3,(H,15,19). The molecule has 2 aromatic rings. The van der Waals surface area contributed by atoms with Crippen LogP contribution < -0.4 is 5.32 Å². The van der Waals surface area contributed by atoms with Gasteiger partial charge in [-0.15, -0.1) is 0 Å². The van der Waals surface area contributed by atoms with Gasteiger partial charge in [0.2, 0.25) is 0 Å². The van der Waals surface area contributed by atoms with Crippen LogP contribution in [0.5, 0.6) is 0 Å². The summed E-state index contributed by atoms with van der Waals surface area (Å²) in [5, 5.41) is 22.8. The summed E-state index contributed by atoms with van der Waals surface area (Å²) in [5.74, 6) is -0.478. The lowest BCUT2D eigenvalue weighted by molar-refractivity contribution is -0.384. The molecule has 0 spiro atoms. The number of carbonyl (C=O) groups is 1. The van der Waals surface area contributed by atoms with Crippen molar-refractivity contribution in [3.05, 3.63) is 64.0 Å². The van der Waals surface area contributed by atoms with Crippen LogP contribution in [0, 0.1) is 10.1 Å². The topological polar surface area (TPSA) is 97.4 Å². The molecule has 0 saturated heterocycles. The third-order valence-corrected chi connectivity index (χ3v) is 3.12. The Hall–Kier alpha value is -2.67. The molecule has 1 aromatic carbocycles. The van der Waals surface area contributed by atoms with E-state index in [9.17, 15) is 20.0 Å². The van der Waals surface area contributed by atoms with Gasteiger partial charge in [-0.3, -0.25) is 14.9 Å². The van der Waals surface area contributed by atoms with E-state index in [1.165, 1.54) is 16.8 Å². The Balaban J connectivity index is 2.19. The van der Waals surface area contributed by atoms with Gasteiger partial charge >= 0.3 is 0 Å². The lowest BCUT2D eigenvalue weighted by Gasteiger charge is -2.16. The lowest BCUT2D eigenvalue weighted by atomic mass is 10.1. The van der Waals surface area contributed by atoms with Gasteiger partial charge in [-0.2, -0.15) is 0 Å². The monoisotopic (exact) mass is 289 g/mol. The van der Waals surface area contributed by atoms with E-state index in [2.05, 4.69) is 5.32 Å². The molecule has 0 aliphatic rings. The van der Waals surface area contributed by atoms with Gasteiger partial charge in [-0.05, 0) is 5.56 Å². The molecule has 1 unspecified atom stereocenters. The van der Waals surface area contributed by atoms with E-state index in [0.29, 0.717) is 0 Å². The first kappa shape index (κ1) is 14.7. The molecule has 0 aliphatic heterocycles. The molecular formula is C14H15N3O4. The zero-order valence-electron chi connectivity index (χ0n) is 11.4. The van der Waals surface area contributed by atoms with Crippen molar-refractivity contribution in [3.63, 3.8) is 0 Å². The molecule has 1 aromatic heterocycles. The number of nitro groups is 1. The molecular weight excluding hydrogens is 274 g/mol. The number of nitrogens with zero attached hydrogens (tertiary/aromatic N) is 2. The molecule has 0 bridgehead atoms. The van der Waals surface area contributed by atoms with Crippen molar-refractivity contribution in [2.75, 3.05) is 6.61 Å². The number of aliphatic hydroxyl groups excluding tert-OH is 1. The number of aromatic nitrogens is 1. The molecule has 1 atom stereocenters. The summed E-state index contributed by atoms with van der Waals surface area (Å²) < 4.78 is 1.38. The fourth-order valence-electron chi connectivity index (χ4n) is 2.02. The van der Waals surface area contributed by atoms with E-state index in [1.54, 1.807) is 31.3 Å². The second-order valence-corrected chi connectivity index (χ2v) is 4.57. The molecule has 2 rings (SSSR count). The lowest BCUT2D eigenvalue weighted by Crippen LogP contribution is -2.31. The minimum Gasteiger partial charge on any atom is -0.394 e. The van der Waals surface area contributed by atoms with Crippen LogP contribution in [-0.4, -0.2) is 27.1 Å². The van der Waals surface area contributed by atoms with Crippen LogP contribution in [-0.2, 0) is 7.05 Å². The number of hydrogen-bond acceptors (Lipinski definition) is 4. The van der Waals surface area contributed by atoms with Gasteiger partial charge in [-0.1, -0.05) is 30.3 Å². The quantitative estimate of drug-likeness (QED) is 0.642. The average Bonchev–Trinajstić information content (AvgIpc) is 2.88. The van der Waals surface area contributed by atoms with E-state index in [4.69, 9.17) is 0 Å². The van der Waals surface area contributed by atoms with Gasteiger partial charge in [0.25, 0.3) is 11.6 Å². The highest BCUT2D eigenvalue weighted by molar-refractivity contribution is 5.93. The van der Waals surface area contributed by atoms with Crippen LogP contribution >= 0.6 is 0 Å². The first-order valence-corrected chi connectivity index (χ1v) is 6.30. The molecule has 0 radical (unpaired) electrons. The first-order valence-electron chi connectivity index (χ1n) is 6.30. The van der Waals surface area contributed by atoms with E-state index >= 15 is 0 Å². The van der Waals surface area contributed by atoms with Crippen molar-refractivity contribution in [2.45, 2.75) is 6.04 Å². The van der Waals surface area contributed by atoms with Gasteiger partial charge in [0.1, 0.15) is 5.69 Å². The van der Waals surface area contributed by atoms with Gasteiger partial charge in [0.05, 0.1) is 23.8 Å². The Bertz CT molecular complexity index is 651. The SMILES string of the molecule is Cn1cc([N+](=O)[O-])cc1C(=O)NC(CO)c1ccccc1.